The maximum Gasteiger partial charge on any atom is 0.407 e. The number of nitrogens with two attached hydrogens (primary N) is 1. The average Bonchev–Trinajstić information content (AvgIpc) is 2.76. The number of carbonyl (C=O) groups is 4. The Bertz CT molecular complexity index is 901. The number of ether oxygens (including phenoxy) is 3. The first-order chi connectivity index (χ1) is 15.7. The van der Waals surface area contributed by atoms with Crippen molar-refractivity contribution >= 4 is 23.8 Å². The molecule has 3 N–H and O–H groups in total. The lowest BCUT2D eigenvalue weighted by atomic mass is 9.83. The number of ketones is 1. The number of rotatable bonds is 9. The minimum Gasteiger partial charge on any atom is -0.482 e. The highest BCUT2D eigenvalue weighted by atomic mass is 16.6. The molecule has 0 spiro atoms. The lowest BCUT2D eigenvalue weighted by Gasteiger charge is -2.38. The van der Waals surface area contributed by atoms with Crippen molar-refractivity contribution in [1.82, 2.24) is 4.90 Å². The second-order valence-corrected chi connectivity index (χ2v) is 9.54. The van der Waals surface area contributed by atoms with Gasteiger partial charge in [-0.05, 0) is 64.8 Å². The van der Waals surface area contributed by atoms with Crippen LogP contribution in [-0.4, -0.2) is 70.8 Å². The first kappa shape index (κ1) is 27.1. The Labute approximate surface area is 199 Å². The first-order valence-corrected chi connectivity index (χ1v) is 11.2. The molecule has 1 aliphatic heterocycles. The summed E-state index contributed by atoms with van der Waals surface area (Å²) in [4.78, 5) is 49.6. The fourth-order valence-electron chi connectivity index (χ4n) is 3.61. The van der Waals surface area contributed by atoms with Crippen LogP contribution in [0.25, 0.3) is 0 Å². The van der Waals surface area contributed by atoms with Gasteiger partial charge in [0.1, 0.15) is 11.4 Å². The summed E-state index contributed by atoms with van der Waals surface area (Å²) >= 11 is 0. The minimum absolute atomic E-state index is 0.269. The Kier molecular flexibility index (Phi) is 8.66. The van der Waals surface area contributed by atoms with Crippen molar-refractivity contribution in [2.75, 3.05) is 19.7 Å². The van der Waals surface area contributed by atoms with E-state index in [1.807, 2.05) is 0 Å². The van der Waals surface area contributed by atoms with E-state index in [-0.39, 0.29) is 25.5 Å². The summed E-state index contributed by atoms with van der Waals surface area (Å²) in [6.45, 7) is 8.63. The molecule has 2 rings (SSSR count). The van der Waals surface area contributed by atoms with Crippen LogP contribution in [0.1, 0.15) is 57.8 Å². The van der Waals surface area contributed by atoms with E-state index in [9.17, 15) is 19.2 Å². The van der Waals surface area contributed by atoms with Crippen LogP contribution < -0.4 is 10.5 Å². The maximum absolute atomic E-state index is 13.1. The number of hydrogen-bond donors (Lipinski definition) is 2. The molecule has 10 nitrogen and oxygen atoms in total. The third-order valence-corrected chi connectivity index (χ3v) is 5.75. The van der Waals surface area contributed by atoms with Gasteiger partial charge in [0, 0.05) is 18.7 Å². The van der Waals surface area contributed by atoms with Crippen LogP contribution in [0, 0.1) is 5.92 Å². The molecule has 188 valence electrons. The summed E-state index contributed by atoms with van der Waals surface area (Å²) in [6.07, 6.45) is -0.593. The van der Waals surface area contributed by atoms with Gasteiger partial charge in [0.05, 0.1) is 12.0 Å². The fraction of sp³-hybridized carbons (Fsp3) is 0.583. The van der Waals surface area contributed by atoms with Crippen molar-refractivity contribution in [3.63, 3.8) is 0 Å². The van der Waals surface area contributed by atoms with Gasteiger partial charge in [0.2, 0.25) is 5.91 Å². The number of Topliss-reactive ketones (excluding diaryl/α,β-unsaturated/α-hetero) is 1. The second-order valence-electron chi connectivity index (χ2n) is 9.54. The molecule has 1 saturated heterocycles. The molecule has 0 aliphatic carbocycles. The summed E-state index contributed by atoms with van der Waals surface area (Å²) in [5, 5.41) is 9.09. The van der Waals surface area contributed by atoms with E-state index in [1.54, 1.807) is 39.8 Å². The standard InChI is InChI=1S/C24H34N2O8/c1-15(24(5,21(25)29)33-18-10-12-26(13-11-18)22(30)31)20(28)16-6-8-17(9-7-16)32-14-19(27)34-23(2,3)4/h6-9,15,18H,10-14H2,1-5H3,(H2,25,29)(H,30,31). The van der Waals surface area contributed by atoms with Crippen LogP contribution in [0.15, 0.2) is 24.3 Å². The highest BCUT2D eigenvalue weighted by molar-refractivity contribution is 6.02. The van der Waals surface area contributed by atoms with E-state index in [1.165, 1.54) is 24.0 Å². The van der Waals surface area contributed by atoms with Crippen LogP contribution in [0.3, 0.4) is 0 Å². The van der Waals surface area contributed by atoms with Gasteiger partial charge in [-0.25, -0.2) is 9.59 Å². The SMILES string of the molecule is CC(C(=O)c1ccc(OCC(=O)OC(C)(C)C)cc1)C(C)(OC1CCN(C(=O)O)CC1)C(N)=O. The molecule has 0 aromatic heterocycles. The Morgan fingerprint density at radius 2 is 1.65 bits per heavy atom. The van der Waals surface area contributed by atoms with Crippen molar-refractivity contribution in [1.29, 1.82) is 0 Å². The molecular formula is C24H34N2O8. The number of nitrogens with zero attached hydrogens (tertiary/aromatic N) is 1. The highest BCUT2D eigenvalue weighted by Gasteiger charge is 2.45. The Hall–Kier alpha value is -3.14. The molecule has 1 aliphatic rings. The fourth-order valence-corrected chi connectivity index (χ4v) is 3.61. The smallest absolute Gasteiger partial charge is 0.407 e. The number of amides is 2. The molecule has 1 heterocycles. The summed E-state index contributed by atoms with van der Waals surface area (Å²) in [6, 6.07) is 6.18. The number of benzene rings is 1. The molecule has 34 heavy (non-hydrogen) atoms. The van der Waals surface area contributed by atoms with E-state index < -0.39 is 41.2 Å². The summed E-state index contributed by atoms with van der Waals surface area (Å²) in [7, 11) is 0. The van der Waals surface area contributed by atoms with Gasteiger partial charge >= 0.3 is 12.1 Å². The van der Waals surface area contributed by atoms with E-state index in [0.717, 1.165) is 0 Å². The van der Waals surface area contributed by atoms with E-state index >= 15 is 0 Å². The lowest BCUT2D eigenvalue weighted by Crippen LogP contribution is -2.54. The monoisotopic (exact) mass is 478 g/mol. The molecule has 10 heteroatoms. The van der Waals surface area contributed by atoms with Crippen molar-refractivity contribution in [3.8, 4) is 5.75 Å². The van der Waals surface area contributed by atoms with Gasteiger partial charge in [0.15, 0.2) is 18.0 Å². The van der Waals surface area contributed by atoms with Gasteiger partial charge in [-0.15, -0.1) is 0 Å². The molecule has 0 saturated carbocycles. The average molecular weight is 479 g/mol. The second kappa shape index (κ2) is 10.9. The number of primary amides is 1. The number of hydrogen-bond acceptors (Lipinski definition) is 7. The van der Waals surface area contributed by atoms with Gasteiger partial charge < -0.3 is 30.0 Å². The molecule has 2 amide bonds. The highest BCUT2D eigenvalue weighted by Crippen LogP contribution is 2.30. The van der Waals surface area contributed by atoms with Crippen molar-refractivity contribution in [2.24, 2.45) is 11.7 Å². The molecule has 2 unspecified atom stereocenters. The van der Waals surface area contributed by atoms with Crippen LogP contribution in [-0.2, 0) is 19.1 Å². The predicted molar refractivity (Wildman–Crippen MR) is 123 cm³/mol. The van der Waals surface area contributed by atoms with E-state index in [2.05, 4.69) is 0 Å². The Morgan fingerprint density at radius 1 is 1.09 bits per heavy atom. The number of carbonyl (C=O) groups excluding carboxylic acids is 3. The van der Waals surface area contributed by atoms with Crippen molar-refractivity contribution in [3.05, 3.63) is 29.8 Å². The van der Waals surface area contributed by atoms with Crippen LogP contribution in [0.5, 0.6) is 5.75 Å². The Balaban J connectivity index is 2.02. The molecule has 2 atom stereocenters. The van der Waals surface area contributed by atoms with Crippen molar-refractivity contribution < 1.29 is 38.5 Å². The van der Waals surface area contributed by atoms with Gasteiger partial charge in [-0.3, -0.25) is 9.59 Å². The molecule has 0 bridgehead atoms. The number of esters is 1. The van der Waals surface area contributed by atoms with Gasteiger partial charge in [0.25, 0.3) is 0 Å². The van der Waals surface area contributed by atoms with Gasteiger partial charge in [-0.1, -0.05) is 6.92 Å². The zero-order valence-electron chi connectivity index (χ0n) is 20.3. The number of piperidine rings is 1. The number of carboxylic acid groups (broad SMARTS) is 1. The molecule has 1 aromatic rings. The van der Waals surface area contributed by atoms with Crippen LogP contribution in [0.4, 0.5) is 4.79 Å². The van der Waals surface area contributed by atoms with E-state index in [0.29, 0.717) is 24.2 Å². The zero-order chi connectivity index (χ0) is 25.7. The summed E-state index contributed by atoms with van der Waals surface area (Å²) in [5.74, 6) is -2.13. The molecule has 1 aromatic carbocycles. The van der Waals surface area contributed by atoms with Crippen molar-refractivity contribution in [2.45, 2.75) is 64.8 Å². The van der Waals surface area contributed by atoms with Crippen LogP contribution >= 0.6 is 0 Å². The molecular weight excluding hydrogens is 444 g/mol. The summed E-state index contributed by atoms with van der Waals surface area (Å²) in [5.41, 5.74) is 3.77. The number of likely N-dealkylation sites (tertiary alicyclic amines) is 1. The normalized spacial score (nSPS) is 17.4. The zero-order valence-corrected chi connectivity index (χ0v) is 20.3. The third kappa shape index (κ3) is 7.18. The van der Waals surface area contributed by atoms with Crippen LogP contribution in [0.2, 0.25) is 0 Å². The minimum atomic E-state index is -1.57. The topological polar surface area (TPSA) is 145 Å². The predicted octanol–water partition coefficient (Wildman–Crippen LogP) is 2.63. The quantitative estimate of drug-likeness (QED) is 0.407. The largest absolute Gasteiger partial charge is 0.482 e. The first-order valence-electron chi connectivity index (χ1n) is 11.2. The third-order valence-electron chi connectivity index (χ3n) is 5.75. The maximum atomic E-state index is 13.1. The van der Waals surface area contributed by atoms with Gasteiger partial charge in [-0.2, -0.15) is 0 Å². The Morgan fingerprint density at radius 3 is 2.12 bits per heavy atom. The molecule has 0 radical (unpaired) electrons. The molecule has 1 fully saturated rings. The summed E-state index contributed by atoms with van der Waals surface area (Å²) < 4.78 is 16.6. The van der Waals surface area contributed by atoms with E-state index in [4.69, 9.17) is 25.1 Å². The lowest BCUT2D eigenvalue weighted by molar-refractivity contribution is -0.159.